The summed E-state index contributed by atoms with van der Waals surface area (Å²) in [5.41, 5.74) is 6.52. The van der Waals surface area contributed by atoms with E-state index in [2.05, 4.69) is 6.07 Å². The second kappa shape index (κ2) is 7.55. The van der Waals surface area contributed by atoms with Crippen molar-refractivity contribution in [2.75, 3.05) is 16.3 Å². The first-order valence-electron chi connectivity index (χ1n) is 10.7. The van der Waals surface area contributed by atoms with E-state index in [0.29, 0.717) is 23.5 Å². The van der Waals surface area contributed by atoms with Crippen molar-refractivity contribution < 1.29 is 9.59 Å². The monoisotopic (exact) mass is 408 g/mol. The lowest BCUT2D eigenvalue weighted by Crippen LogP contribution is -2.37. The van der Waals surface area contributed by atoms with Gasteiger partial charge in [0.1, 0.15) is 5.70 Å². The van der Waals surface area contributed by atoms with Crippen LogP contribution in [0.3, 0.4) is 0 Å². The Balaban J connectivity index is 1.72. The summed E-state index contributed by atoms with van der Waals surface area (Å²) in [5, 5.41) is 0. The minimum atomic E-state index is -0.261. The molecule has 0 radical (unpaired) electrons. The fourth-order valence-electron chi connectivity index (χ4n) is 4.58. The van der Waals surface area contributed by atoms with E-state index in [-0.39, 0.29) is 11.8 Å². The molecule has 4 heteroatoms. The molecule has 0 saturated heterocycles. The standard InChI is InChI=1S/C27H24N2O2/c1-18-14-15-19(2)23(17-18)29-26(30)24(21-10-4-3-5-11-21)25(27(29)31)28-16-8-12-20-9-6-7-13-22(20)28/h3-7,9-11,13-15,17H,8,12,16H2,1-2H3. The highest BCUT2D eigenvalue weighted by Crippen LogP contribution is 2.40. The second-order valence-corrected chi connectivity index (χ2v) is 8.21. The quantitative estimate of drug-likeness (QED) is 0.570. The number of rotatable bonds is 3. The van der Waals surface area contributed by atoms with Crippen molar-refractivity contribution in [2.45, 2.75) is 26.7 Å². The van der Waals surface area contributed by atoms with Crippen LogP contribution in [0.2, 0.25) is 0 Å². The minimum absolute atomic E-state index is 0.255. The van der Waals surface area contributed by atoms with E-state index in [0.717, 1.165) is 35.2 Å². The van der Waals surface area contributed by atoms with Crippen molar-refractivity contribution in [3.63, 3.8) is 0 Å². The Morgan fingerprint density at radius 3 is 2.32 bits per heavy atom. The predicted molar refractivity (Wildman–Crippen MR) is 124 cm³/mol. The van der Waals surface area contributed by atoms with Crippen LogP contribution in [0.1, 0.15) is 28.7 Å². The molecule has 2 amide bonds. The number of fused-ring (bicyclic) bond motifs is 1. The molecule has 0 saturated carbocycles. The van der Waals surface area contributed by atoms with Gasteiger partial charge in [0, 0.05) is 12.2 Å². The Hall–Kier alpha value is -3.66. The molecule has 0 aliphatic carbocycles. The summed E-state index contributed by atoms with van der Waals surface area (Å²) >= 11 is 0. The van der Waals surface area contributed by atoms with Gasteiger partial charge < -0.3 is 4.90 Å². The number of hydrogen-bond acceptors (Lipinski definition) is 3. The van der Waals surface area contributed by atoms with Crippen LogP contribution in [0.5, 0.6) is 0 Å². The molecule has 0 spiro atoms. The van der Waals surface area contributed by atoms with Crippen LogP contribution in [0.4, 0.5) is 11.4 Å². The molecule has 0 unspecified atom stereocenters. The lowest BCUT2D eigenvalue weighted by atomic mass is 9.98. The van der Waals surface area contributed by atoms with Crippen LogP contribution in [0.25, 0.3) is 5.57 Å². The highest BCUT2D eigenvalue weighted by atomic mass is 16.2. The number of nitrogens with zero attached hydrogens (tertiary/aromatic N) is 2. The number of aryl methyl sites for hydroxylation is 3. The van der Waals surface area contributed by atoms with Crippen LogP contribution < -0.4 is 9.80 Å². The smallest absolute Gasteiger partial charge is 0.282 e. The van der Waals surface area contributed by atoms with Crippen LogP contribution in [-0.4, -0.2) is 18.4 Å². The molecule has 0 fully saturated rings. The van der Waals surface area contributed by atoms with Gasteiger partial charge in [-0.25, -0.2) is 4.90 Å². The summed E-state index contributed by atoms with van der Waals surface area (Å²) in [4.78, 5) is 31.1. The zero-order valence-electron chi connectivity index (χ0n) is 17.8. The third kappa shape index (κ3) is 3.15. The summed E-state index contributed by atoms with van der Waals surface area (Å²) < 4.78 is 0. The lowest BCUT2D eigenvalue weighted by Gasteiger charge is -2.32. The van der Waals surface area contributed by atoms with Crippen LogP contribution >= 0.6 is 0 Å². The highest BCUT2D eigenvalue weighted by molar-refractivity contribution is 6.46. The molecule has 2 aliphatic heterocycles. The third-order valence-corrected chi connectivity index (χ3v) is 6.11. The van der Waals surface area contributed by atoms with Crippen molar-refractivity contribution in [3.8, 4) is 0 Å². The summed E-state index contributed by atoms with van der Waals surface area (Å²) in [6.45, 7) is 4.62. The maximum Gasteiger partial charge on any atom is 0.282 e. The van der Waals surface area contributed by atoms with Gasteiger partial charge in [-0.05, 0) is 61.1 Å². The Morgan fingerprint density at radius 1 is 0.774 bits per heavy atom. The van der Waals surface area contributed by atoms with Crippen LogP contribution in [-0.2, 0) is 16.0 Å². The van der Waals surface area contributed by atoms with Crippen molar-refractivity contribution >= 4 is 28.8 Å². The molecule has 4 nitrogen and oxygen atoms in total. The molecule has 5 rings (SSSR count). The van der Waals surface area contributed by atoms with E-state index in [1.54, 1.807) is 0 Å². The minimum Gasteiger partial charge on any atom is -0.336 e. The zero-order valence-corrected chi connectivity index (χ0v) is 17.8. The van der Waals surface area contributed by atoms with Crippen LogP contribution in [0.15, 0.2) is 78.5 Å². The lowest BCUT2D eigenvalue weighted by molar-refractivity contribution is -0.120. The normalized spacial score (nSPS) is 16.2. The molecule has 31 heavy (non-hydrogen) atoms. The molecular formula is C27H24N2O2. The van der Waals surface area contributed by atoms with Gasteiger partial charge in [-0.15, -0.1) is 0 Å². The van der Waals surface area contributed by atoms with Gasteiger partial charge in [-0.2, -0.15) is 0 Å². The number of amides is 2. The van der Waals surface area contributed by atoms with E-state index >= 15 is 0 Å². The van der Waals surface area contributed by atoms with Gasteiger partial charge >= 0.3 is 0 Å². The molecule has 0 bridgehead atoms. The molecule has 2 aliphatic rings. The average Bonchev–Trinajstić information content (AvgIpc) is 3.05. The Kier molecular flexibility index (Phi) is 4.70. The maximum atomic E-state index is 13.9. The summed E-state index contributed by atoms with van der Waals surface area (Å²) in [6.07, 6.45) is 1.91. The maximum absolute atomic E-state index is 13.9. The van der Waals surface area contributed by atoms with Gasteiger partial charge in [-0.1, -0.05) is 60.7 Å². The van der Waals surface area contributed by atoms with Crippen molar-refractivity contribution in [1.29, 1.82) is 0 Å². The highest BCUT2D eigenvalue weighted by Gasteiger charge is 2.44. The number of benzene rings is 3. The zero-order chi connectivity index (χ0) is 21.5. The van der Waals surface area contributed by atoms with E-state index in [1.807, 2.05) is 85.5 Å². The molecule has 3 aromatic carbocycles. The SMILES string of the molecule is Cc1ccc(C)c(N2C(=O)C(c3ccccc3)=C(N3CCCc4ccccc43)C2=O)c1. The Morgan fingerprint density at radius 2 is 1.52 bits per heavy atom. The van der Waals surface area contributed by atoms with Crippen molar-refractivity contribution in [1.82, 2.24) is 0 Å². The van der Waals surface area contributed by atoms with E-state index in [1.165, 1.54) is 10.5 Å². The van der Waals surface area contributed by atoms with E-state index < -0.39 is 0 Å². The van der Waals surface area contributed by atoms with E-state index in [4.69, 9.17) is 0 Å². The largest absolute Gasteiger partial charge is 0.336 e. The van der Waals surface area contributed by atoms with Gasteiger partial charge in [-0.3, -0.25) is 9.59 Å². The first-order valence-corrected chi connectivity index (χ1v) is 10.7. The number of anilines is 2. The molecule has 154 valence electrons. The van der Waals surface area contributed by atoms with Crippen molar-refractivity contribution in [3.05, 3.63) is 101 Å². The molecule has 3 aromatic rings. The topological polar surface area (TPSA) is 40.6 Å². The van der Waals surface area contributed by atoms with Gasteiger partial charge in [0.05, 0.1) is 11.3 Å². The summed E-state index contributed by atoms with van der Waals surface area (Å²) in [7, 11) is 0. The summed E-state index contributed by atoms with van der Waals surface area (Å²) in [5.74, 6) is -0.516. The first kappa shape index (κ1) is 19.3. The molecule has 0 N–H and O–H groups in total. The predicted octanol–water partition coefficient (Wildman–Crippen LogP) is 5.04. The second-order valence-electron chi connectivity index (χ2n) is 8.21. The van der Waals surface area contributed by atoms with Crippen LogP contribution in [0, 0.1) is 13.8 Å². The number of imide groups is 1. The fraction of sp³-hybridized carbons (Fsp3) is 0.185. The first-order chi connectivity index (χ1) is 15.1. The average molecular weight is 409 g/mol. The number of carbonyl (C=O) groups excluding carboxylic acids is 2. The van der Waals surface area contributed by atoms with E-state index in [9.17, 15) is 9.59 Å². The van der Waals surface area contributed by atoms with Crippen molar-refractivity contribution in [2.24, 2.45) is 0 Å². The van der Waals surface area contributed by atoms with Gasteiger partial charge in [0.25, 0.3) is 11.8 Å². The summed E-state index contributed by atoms with van der Waals surface area (Å²) in [6, 6.07) is 23.6. The molecular weight excluding hydrogens is 384 g/mol. The third-order valence-electron chi connectivity index (χ3n) is 6.11. The Labute approximate surface area is 182 Å². The molecule has 2 heterocycles. The molecule has 0 atom stereocenters. The fourth-order valence-corrected chi connectivity index (χ4v) is 4.58. The van der Waals surface area contributed by atoms with Gasteiger partial charge in [0.2, 0.25) is 0 Å². The number of carbonyl (C=O) groups is 2. The Bertz CT molecular complexity index is 1230. The molecule has 0 aromatic heterocycles. The number of hydrogen-bond donors (Lipinski definition) is 0. The van der Waals surface area contributed by atoms with Gasteiger partial charge in [0.15, 0.2) is 0 Å². The number of para-hydroxylation sites is 1.